The molecule has 1 aliphatic carbocycles. The quantitative estimate of drug-likeness (QED) is 0.167. The zero-order chi connectivity index (χ0) is 35.9. The first-order valence-electron chi connectivity index (χ1n) is 18.4. The van der Waals surface area contributed by atoms with Crippen LogP contribution in [0.2, 0.25) is 0 Å². The Bertz CT molecular complexity index is 2910. The summed E-state index contributed by atoms with van der Waals surface area (Å²) in [5.74, 6) is 0.948. The Kier molecular flexibility index (Phi) is 6.74. The Morgan fingerprint density at radius 2 is 0.981 bits per heavy atom. The molecule has 1 aliphatic heterocycles. The van der Waals surface area contributed by atoms with E-state index in [1.54, 1.807) is 0 Å². The normalized spacial score (nSPS) is 15.2. The number of benzene rings is 8. The summed E-state index contributed by atoms with van der Waals surface area (Å²) in [7, 11) is -3.09. The van der Waals surface area contributed by atoms with Crippen LogP contribution in [0.25, 0.3) is 50.4 Å². The van der Waals surface area contributed by atoms with Crippen molar-refractivity contribution in [1.29, 1.82) is 0 Å². The van der Waals surface area contributed by atoms with Gasteiger partial charge in [0.1, 0.15) is 5.82 Å². The lowest BCUT2D eigenvalue weighted by atomic mass is 9.65. The highest BCUT2D eigenvalue weighted by Gasteiger charge is 2.51. The molecule has 0 radical (unpaired) electrons. The summed E-state index contributed by atoms with van der Waals surface area (Å²) >= 11 is 0. The molecule has 254 valence electrons. The summed E-state index contributed by atoms with van der Waals surface area (Å²) in [4.78, 5) is 5.30. The molecule has 0 N–H and O–H groups in total. The van der Waals surface area contributed by atoms with E-state index in [9.17, 15) is 0 Å². The molecule has 54 heavy (non-hydrogen) atoms. The Morgan fingerprint density at radius 3 is 1.70 bits per heavy atom. The average molecular weight is 709 g/mol. The van der Waals surface area contributed by atoms with Gasteiger partial charge in [-0.15, -0.1) is 0 Å². The number of imidazole rings is 1. The van der Waals surface area contributed by atoms with Gasteiger partial charge in [-0.25, -0.2) is 4.98 Å². The molecule has 8 aromatic carbocycles. The predicted molar refractivity (Wildman–Crippen MR) is 222 cm³/mol. The van der Waals surface area contributed by atoms with E-state index >= 15 is 4.57 Å². The topological polar surface area (TPSA) is 34.9 Å². The molecule has 0 bridgehead atoms. The van der Waals surface area contributed by atoms with Crippen molar-refractivity contribution in [2.75, 3.05) is 0 Å². The van der Waals surface area contributed by atoms with E-state index in [0.717, 1.165) is 55.1 Å². The first-order valence-corrected chi connectivity index (χ1v) is 20.1. The van der Waals surface area contributed by atoms with E-state index in [4.69, 9.17) is 4.98 Å². The highest BCUT2D eigenvalue weighted by atomic mass is 31.2. The van der Waals surface area contributed by atoms with Crippen LogP contribution < -0.4 is 15.9 Å². The number of aromatic nitrogens is 2. The third-order valence-electron chi connectivity index (χ3n) is 11.5. The van der Waals surface area contributed by atoms with Crippen LogP contribution >= 0.6 is 7.14 Å². The molecular weight excluding hydrogens is 676 g/mol. The third-order valence-corrected chi connectivity index (χ3v) is 14.6. The van der Waals surface area contributed by atoms with Gasteiger partial charge >= 0.3 is 0 Å². The molecule has 3 nitrogen and oxygen atoms in total. The fourth-order valence-electron chi connectivity index (χ4n) is 9.20. The summed E-state index contributed by atoms with van der Waals surface area (Å²) in [6.45, 7) is 0. The van der Waals surface area contributed by atoms with Crippen LogP contribution in [0.4, 0.5) is 0 Å². The van der Waals surface area contributed by atoms with Crippen molar-refractivity contribution in [1.82, 2.24) is 9.55 Å². The van der Waals surface area contributed by atoms with Crippen molar-refractivity contribution < 1.29 is 4.57 Å². The monoisotopic (exact) mass is 708 g/mol. The number of nitrogens with zero attached hydrogens (tertiary/aromatic N) is 2. The van der Waals surface area contributed by atoms with Crippen molar-refractivity contribution in [2.24, 2.45) is 0 Å². The van der Waals surface area contributed by atoms with Gasteiger partial charge in [0.05, 0.1) is 22.1 Å². The zero-order valence-electron chi connectivity index (χ0n) is 29.3. The smallest absolute Gasteiger partial charge is 0.171 e. The molecule has 4 heteroatoms. The van der Waals surface area contributed by atoms with Crippen molar-refractivity contribution in [2.45, 2.75) is 5.41 Å². The summed E-state index contributed by atoms with van der Waals surface area (Å²) in [6, 6.07) is 70.0. The van der Waals surface area contributed by atoms with E-state index in [0.29, 0.717) is 0 Å². The van der Waals surface area contributed by atoms with Gasteiger partial charge in [0.2, 0.25) is 0 Å². The first kappa shape index (κ1) is 31.0. The molecule has 0 fully saturated rings. The lowest BCUT2D eigenvalue weighted by Crippen LogP contribution is -2.33. The summed E-state index contributed by atoms with van der Waals surface area (Å²) in [6.07, 6.45) is 0. The number of fused-ring (bicyclic) bond motifs is 9. The number of hydrogen-bond acceptors (Lipinski definition) is 2. The molecule has 1 atom stereocenters. The minimum atomic E-state index is -3.09. The lowest BCUT2D eigenvalue weighted by molar-refractivity contribution is 0.592. The standard InChI is InChI=1S/C50H33N2OP/c53-54(37-17-6-2-7-18-37,38-19-8-3-9-20-38)39-30-27-34(28-31-39)36-29-32-41-40-21-10-11-22-42(40)50(45(41)33-36)43-23-12-13-26-47(43)52-48-44(50)24-14-25-46(48)51-49(52)35-15-4-1-5-16-35/h1-33H. The molecule has 1 spiro atoms. The zero-order valence-corrected chi connectivity index (χ0v) is 30.2. The van der Waals surface area contributed by atoms with Gasteiger partial charge in [-0.05, 0) is 62.7 Å². The summed E-state index contributed by atoms with van der Waals surface area (Å²) in [5, 5.41) is 2.49. The molecule has 1 aromatic heterocycles. The van der Waals surface area contributed by atoms with Crippen LogP contribution in [0.1, 0.15) is 22.3 Å². The van der Waals surface area contributed by atoms with Gasteiger partial charge in [0.15, 0.2) is 7.14 Å². The van der Waals surface area contributed by atoms with Gasteiger partial charge < -0.3 is 4.57 Å². The predicted octanol–water partition coefficient (Wildman–Crippen LogP) is 10.7. The van der Waals surface area contributed by atoms with Gasteiger partial charge in [-0.1, -0.05) is 182 Å². The second-order valence-corrected chi connectivity index (χ2v) is 17.0. The number of hydrogen-bond donors (Lipinski definition) is 0. The molecule has 11 rings (SSSR count). The summed E-state index contributed by atoms with van der Waals surface area (Å²) in [5.41, 5.74) is 13.5. The van der Waals surface area contributed by atoms with Crippen molar-refractivity contribution in [3.8, 4) is 39.3 Å². The van der Waals surface area contributed by atoms with E-state index in [1.165, 1.54) is 33.4 Å². The lowest BCUT2D eigenvalue weighted by Gasteiger charge is -2.39. The Balaban J connectivity index is 1.13. The first-order chi connectivity index (χ1) is 26.7. The average Bonchev–Trinajstić information content (AvgIpc) is 3.78. The molecule has 1 unspecified atom stereocenters. The van der Waals surface area contributed by atoms with Gasteiger partial charge in [-0.2, -0.15) is 0 Å². The fourth-order valence-corrected chi connectivity index (χ4v) is 11.8. The van der Waals surface area contributed by atoms with E-state index in [-0.39, 0.29) is 0 Å². The SMILES string of the molecule is O=P(c1ccccc1)(c1ccccc1)c1ccc(-c2ccc3c(c2)C2(c4ccccc4-3)c3ccccc3-n3c(-c4ccccc4)nc4cccc2c43)cc1. The highest BCUT2D eigenvalue weighted by Crippen LogP contribution is 2.61. The largest absolute Gasteiger partial charge is 0.309 e. The van der Waals surface area contributed by atoms with Crippen LogP contribution in [0.5, 0.6) is 0 Å². The molecule has 0 amide bonds. The summed E-state index contributed by atoms with van der Waals surface area (Å²) < 4.78 is 17.5. The van der Waals surface area contributed by atoms with E-state index < -0.39 is 12.6 Å². The highest BCUT2D eigenvalue weighted by molar-refractivity contribution is 7.85. The second-order valence-electron chi connectivity index (χ2n) is 14.2. The maximum absolute atomic E-state index is 15.1. The van der Waals surface area contributed by atoms with Crippen molar-refractivity contribution in [3.05, 3.63) is 222 Å². The van der Waals surface area contributed by atoms with Crippen LogP contribution in [0, 0.1) is 0 Å². The molecule has 2 aliphatic rings. The van der Waals surface area contributed by atoms with Crippen LogP contribution in [0.3, 0.4) is 0 Å². The maximum atomic E-state index is 15.1. The van der Waals surface area contributed by atoms with Gasteiger partial charge in [0.25, 0.3) is 0 Å². The van der Waals surface area contributed by atoms with Crippen LogP contribution in [0.15, 0.2) is 200 Å². The number of para-hydroxylation sites is 2. The molecule has 2 heterocycles. The van der Waals surface area contributed by atoms with E-state index in [2.05, 4.69) is 144 Å². The number of rotatable bonds is 5. The van der Waals surface area contributed by atoms with Crippen LogP contribution in [-0.2, 0) is 9.98 Å². The van der Waals surface area contributed by atoms with Gasteiger partial charge in [0, 0.05) is 21.5 Å². The van der Waals surface area contributed by atoms with Gasteiger partial charge in [-0.3, -0.25) is 4.57 Å². The Hall–Kier alpha value is -6.54. The molecule has 0 saturated carbocycles. The molecule has 9 aromatic rings. The molecular formula is C50H33N2OP. The minimum absolute atomic E-state index is 0.557. The van der Waals surface area contributed by atoms with Crippen LogP contribution in [-0.4, -0.2) is 9.55 Å². The Morgan fingerprint density at radius 1 is 0.426 bits per heavy atom. The van der Waals surface area contributed by atoms with E-state index in [1.807, 2.05) is 60.7 Å². The third kappa shape index (κ3) is 4.19. The minimum Gasteiger partial charge on any atom is -0.309 e. The fraction of sp³-hybridized carbons (Fsp3) is 0.0200. The second kappa shape index (κ2) is 11.7. The van der Waals surface area contributed by atoms with Crippen molar-refractivity contribution in [3.63, 3.8) is 0 Å². The maximum Gasteiger partial charge on any atom is 0.171 e. The Labute approximate surface area is 314 Å². The van der Waals surface area contributed by atoms with Crippen molar-refractivity contribution >= 4 is 34.1 Å². The molecule has 0 saturated heterocycles.